The molecular weight excluding hydrogens is 377 g/mol. The van der Waals surface area contributed by atoms with Crippen LogP contribution in [0.4, 0.5) is 10.1 Å². The SMILES string of the molecule is CCn1cc(C(=O)O)c(=O)c2cc3cc(F)c(N4CC(N)C4N(C)C)cc3nc21. The second-order valence-corrected chi connectivity index (χ2v) is 7.51. The highest BCUT2D eigenvalue weighted by molar-refractivity contribution is 5.96. The average Bonchev–Trinajstić information content (AvgIpc) is 2.64. The van der Waals surface area contributed by atoms with Crippen molar-refractivity contribution in [1.82, 2.24) is 14.5 Å². The molecule has 0 saturated carbocycles. The van der Waals surface area contributed by atoms with Gasteiger partial charge in [-0.3, -0.25) is 9.69 Å². The van der Waals surface area contributed by atoms with Crippen LogP contribution in [0.15, 0.2) is 29.2 Å². The van der Waals surface area contributed by atoms with E-state index in [0.29, 0.717) is 35.3 Å². The Labute approximate surface area is 166 Å². The van der Waals surface area contributed by atoms with Crippen LogP contribution >= 0.6 is 0 Å². The van der Waals surface area contributed by atoms with Crippen molar-refractivity contribution in [2.45, 2.75) is 25.7 Å². The third kappa shape index (κ3) is 2.93. The number of carbonyl (C=O) groups is 1. The Bertz CT molecular complexity index is 1200. The summed E-state index contributed by atoms with van der Waals surface area (Å²) in [5.74, 6) is -1.74. The summed E-state index contributed by atoms with van der Waals surface area (Å²) in [5, 5.41) is 9.90. The fraction of sp³-hybridized carbons (Fsp3) is 0.350. The first-order chi connectivity index (χ1) is 13.7. The van der Waals surface area contributed by atoms with Crippen LogP contribution in [0.2, 0.25) is 0 Å². The highest BCUT2D eigenvalue weighted by atomic mass is 19.1. The molecule has 9 heteroatoms. The maximum absolute atomic E-state index is 14.9. The molecule has 8 nitrogen and oxygen atoms in total. The number of fused-ring (bicyclic) bond motifs is 2. The van der Waals surface area contributed by atoms with Crippen LogP contribution in [0.5, 0.6) is 0 Å². The molecular formula is C20H22FN5O3. The molecule has 2 atom stereocenters. The lowest BCUT2D eigenvalue weighted by atomic mass is 10.0. The van der Waals surface area contributed by atoms with Crippen LogP contribution < -0.4 is 16.1 Å². The van der Waals surface area contributed by atoms with E-state index in [1.165, 1.54) is 18.3 Å². The third-order valence-corrected chi connectivity index (χ3v) is 5.43. The van der Waals surface area contributed by atoms with E-state index in [1.54, 1.807) is 10.6 Å². The van der Waals surface area contributed by atoms with Crippen LogP contribution in [-0.2, 0) is 6.54 Å². The molecule has 0 bridgehead atoms. The van der Waals surface area contributed by atoms with Crippen LogP contribution in [-0.4, -0.2) is 58.4 Å². The number of carboxylic acids is 1. The van der Waals surface area contributed by atoms with E-state index in [9.17, 15) is 19.1 Å². The summed E-state index contributed by atoms with van der Waals surface area (Å²) in [6.45, 7) is 2.80. The number of benzene rings is 1. The number of pyridine rings is 2. The largest absolute Gasteiger partial charge is 0.477 e. The monoisotopic (exact) mass is 399 g/mol. The molecule has 2 aromatic heterocycles. The van der Waals surface area contributed by atoms with Crippen molar-refractivity contribution < 1.29 is 14.3 Å². The molecule has 0 aliphatic carbocycles. The highest BCUT2D eigenvalue weighted by Gasteiger charge is 2.39. The molecule has 1 aliphatic heterocycles. The van der Waals surface area contributed by atoms with Crippen molar-refractivity contribution in [2.24, 2.45) is 5.73 Å². The lowest BCUT2D eigenvalue weighted by Crippen LogP contribution is -2.70. The second-order valence-electron chi connectivity index (χ2n) is 7.51. The highest BCUT2D eigenvalue weighted by Crippen LogP contribution is 2.32. The zero-order chi connectivity index (χ0) is 21.0. The van der Waals surface area contributed by atoms with Crippen molar-refractivity contribution >= 4 is 33.6 Å². The van der Waals surface area contributed by atoms with E-state index in [1.807, 2.05) is 30.8 Å². The van der Waals surface area contributed by atoms with Crippen molar-refractivity contribution in [3.63, 3.8) is 0 Å². The van der Waals surface area contributed by atoms with E-state index < -0.39 is 17.2 Å². The van der Waals surface area contributed by atoms with E-state index in [4.69, 9.17) is 5.73 Å². The van der Waals surface area contributed by atoms with Crippen LogP contribution in [0, 0.1) is 5.82 Å². The van der Waals surface area contributed by atoms with Gasteiger partial charge in [-0.05, 0) is 39.2 Å². The van der Waals surface area contributed by atoms with Gasteiger partial charge in [-0.2, -0.15) is 0 Å². The molecule has 2 unspecified atom stereocenters. The summed E-state index contributed by atoms with van der Waals surface area (Å²) in [6, 6.07) is 4.42. The summed E-state index contributed by atoms with van der Waals surface area (Å²) in [4.78, 5) is 32.4. The minimum absolute atomic E-state index is 0.0793. The first-order valence-corrected chi connectivity index (χ1v) is 9.32. The predicted octanol–water partition coefficient (Wildman–Crippen LogP) is 1.44. The number of nitrogens with zero attached hydrogens (tertiary/aromatic N) is 4. The lowest BCUT2D eigenvalue weighted by Gasteiger charge is -2.51. The van der Waals surface area contributed by atoms with Gasteiger partial charge in [-0.15, -0.1) is 0 Å². The van der Waals surface area contributed by atoms with Crippen LogP contribution in [0.1, 0.15) is 17.3 Å². The summed E-state index contributed by atoms with van der Waals surface area (Å²) in [6.07, 6.45) is 1.18. The van der Waals surface area contributed by atoms with E-state index in [-0.39, 0.29) is 23.2 Å². The lowest BCUT2D eigenvalue weighted by molar-refractivity contribution is 0.0695. The summed E-state index contributed by atoms with van der Waals surface area (Å²) < 4.78 is 16.5. The normalized spacial score (nSPS) is 19.2. The van der Waals surface area contributed by atoms with Gasteiger partial charge in [0.15, 0.2) is 0 Å². The number of aryl methyl sites for hydroxylation is 1. The Morgan fingerprint density at radius 2 is 2.10 bits per heavy atom. The van der Waals surface area contributed by atoms with E-state index in [2.05, 4.69) is 4.98 Å². The molecule has 0 spiro atoms. The molecule has 0 amide bonds. The average molecular weight is 399 g/mol. The second kappa shape index (κ2) is 6.78. The van der Waals surface area contributed by atoms with Crippen molar-refractivity contribution in [3.05, 3.63) is 46.0 Å². The zero-order valence-electron chi connectivity index (χ0n) is 16.4. The Balaban J connectivity index is 1.94. The van der Waals surface area contributed by atoms with Gasteiger partial charge in [0, 0.05) is 24.7 Å². The zero-order valence-corrected chi connectivity index (χ0v) is 16.4. The smallest absolute Gasteiger partial charge is 0.341 e. The Hall–Kier alpha value is -3.04. The van der Waals surface area contributed by atoms with E-state index in [0.717, 1.165) is 0 Å². The Morgan fingerprint density at radius 1 is 1.38 bits per heavy atom. The minimum Gasteiger partial charge on any atom is -0.477 e. The topological polar surface area (TPSA) is 105 Å². The molecule has 1 aliphatic rings. The number of halogens is 1. The standard InChI is InChI=1S/C20H22FN5O3/c1-4-25-8-12(20(28)29)17(27)11-5-10-6-13(21)16(7-15(10)23-18(11)25)26-9-14(22)19(26)24(2)3/h5-8,14,19H,4,9,22H2,1-3H3,(H,28,29). The fourth-order valence-electron chi connectivity index (χ4n) is 4.02. The summed E-state index contributed by atoms with van der Waals surface area (Å²) in [7, 11) is 3.78. The molecule has 3 N–H and O–H groups in total. The van der Waals surface area contributed by atoms with Gasteiger partial charge in [-0.25, -0.2) is 14.2 Å². The molecule has 3 aromatic rings. The number of hydrogen-bond acceptors (Lipinski definition) is 6. The Morgan fingerprint density at radius 3 is 2.69 bits per heavy atom. The van der Waals surface area contributed by atoms with Gasteiger partial charge in [0.05, 0.1) is 28.8 Å². The van der Waals surface area contributed by atoms with Crippen molar-refractivity contribution in [3.8, 4) is 0 Å². The number of rotatable bonds is 4. The molecule has 29 heavy (non-hydrogen) atoms. The van der Waals surface area contributed by atoms with Crippen molar-refractivity contribution in [2.75, 3.05) is 25.5 Å². The third-order valence-electron chi connectivity index (χ3n) is 5.43. The predicted molar refractivity (Wildman–Crippen MR) is 109 cm³/mol. The van der Waals surface area contributed by atoms with Gasteiger partial charge < -0.3 is 20.3 Å². The van der Waals surface area contributed by atoms with Crippen LogP contribution in [0.25, 0.3) is 21.9 Å². The summed E-state index contributed by atoms with van der Waals surface area (Å²) >= 11 is 0. The number of hydrogen-bond donors (Lipinski definition) is 2. The fourth-order valence-corrected chi connectivity index (χ4v) is 4.02. The maximum Gasteiger partial charge on any atom is 0.341 e. The quantitative estimate of drug-likeness (QED) is 0.640. The minimum atomic E-state index is -1.30. The molecule has 3 heterocycles. The Kier molecular flexibility index (Phi) is 4.51. The first-order valence-electron chi connectivity index (χ1n) is 9.32. The van der Waals surface area contributed by atoms with E-state index >= 15 is 0 Å². The van der Waals surface area contributed by atoms with Gasteiger partial charge in [0.1, 0.15) is 17.0 Å². The molecule has 0 radical (unpaired) electrons. The van der Waals surface area contributed by atoms with Crippen LogP contribution in [0.3, 0.4) is 0 Å². The number of likely N-dealkylation sites (N-methyl/N-ethyl adjacent to an activating group) is 1. The van der Waals surface area contributed by atoms with Gasteiger partial charge >= 0.3 is 5.97 Å². The number of aromatic nitrogens is 2. The maximum atomic E-state index is 14.9. The molecule has 1 saturated heterocycles. The van der Waals surface area contributed by atoms with Crippen molar-refractivity contribution in [1.29, 1.82) is 0 Å². The van der Waals surface area contributed by atoms with Gasteiger partial charge in [-0.1, -0.05) is 0 Å². The van der Waals surface area contributed by atoms with Gasteiger partial charge in [0.25, 0.3) is 0 Å². The molecule has 1 aromatic carbocycles. The summed E-state index contributed by atoms with van der Waals surface area (Å²) in [5.41, 5.74) is 6.41. The first kappa shape index (κ1) is 19.3. The molecule has 4 rings (SSSR count). The van der Waals surface area contributed by atoms with Gasteiger partial charge in [0.2, 0.25) is 5.43 Å². The molecule has 152 valence electrons. The molecule has 1 fully saturated rings. The number of carboxylic acid groups (broad SMARTS) is 1. The number of aromatic carboxylic acids is 1. The number of anilines is 1. The number of nitrogens with two attached hydrogens (primary N) is 1.